The molecular weight excluding hydrogens is 236 g/mol. The van der Waals surface area contributed by atoms with Crippen LogP contribution in [0.1, 0.15) is 20.3 Å². The third kappa shape index (κ3) is 3.43. The predicted octanol–water partition coefficient (Wildman–Crippen LogP) is -0.0675. The number of rotatable bonds is 6. The molecule has 0 aromatic heterocycles. The standard InChI is InChI=1S/C12H22N2O4/c1-4-8(2)14(5-11(15)16)12(17)9-6-18-7-10(9)13-3/h8-10,13H,4-7H2,1-3H3,(H,15,16). The van der Waals surface area contributed by atoms with Gasteiger partial charge in [0, 0.05) is 12.1 Å². The summed E-state index contributed by atoms with van der Waals surface area (Å²) < 4.78 is 5.29. The topological polar surface area (TPSA) is 78.9 Å². The van der Waals surface area contributed by atoms with Gasteiger partial charge in [0.05, 0.1) is 19.1 Å². The lowest BCUT2D eigenvalue weighted by molar-refractivity contribution is -0.148. The summed E-state index contributed by atoms with van der Waals surface area (Å²) in [5, 5.41) is 11.9. The second kappa shape index (κ2) is 6.70. The van der Waals surface area contributed by atoms with Gasteiger partial charge in [-0.05, 0) is 20.4 Å². The van der Waals surface area contributed by atoms with E-state index in [4.69, 9.17) is 9.84 Å². The molecule has 3 atom stereocenters. The average Bonchev–Trinajstić information content (AvgIpc) is 2.82. The predicted molar refractivity (Wildman–Crippen MR) is 66.3 cm³/mol. The Hall–Kier alpha value is -1.14. The van der Waals surface area contributed by atoms with E-state index >= 15 is 0 Å². The molecule has 1 aliphatic rings. The van der Waals surface area contributed by atoms with Crippen molar-refractivity contribution in [2.24, 2.45) is 5.92 Å². The first-order chi connectivity index (χ1) is 8.51. The van der Waals surface area contributed by atoms with Gasteiger partial charge in [0.25, 0.3) is 0 Å². The van der Waals surface area contributed by atoms with Gasteiger partial charge >= 0.3 is 5.97 Å². The number of nitrogens with zero attached hydrogens (tertiary/aromatic N) is 1. The molecule has 0 spiro atoms. The number of hydrogen-bond acceptors (Lipinski definition) is 4. The number of likely N-dealkylation sites (N-methyl/N-ethyl adjacent to an activating group) is 1. The van der Waals surface area contributed by atoms with E-state index in [1.54, 1.807) is 7.05 Å². The van der Waals surface area contributed by atoms with Crippen LogP contribution in [-0.2, 0) is 14.3 Å². The van der Waals surface area contributed by atoms with Crippen molar-refractivity contribution in [1.82, 2.24) is 10.2 Å². The van der Waals surface area contributed by atoms with Crippen molar-refractivity contribution in [3.63, 3.8) is 0 Å². The molecule has 0 radical (unpaired) electrons. The monoisotopic (exact) mass is 258 g/mol. The number of carbonyl (C=O) groups is 2. The van der Waals surface area contributed by atoms with Gasteiger partial charge in [0.15, 0.2) is 0 Å². The molecule has 1 aliphatic heterocycles. The summed E-state index contributed by atoms with van der Waals surface area (Å²) in [5.74, 6) is -1.41. The van der Waals surface area contributed by atoms with E-state index in [1.165, 1.54) is 4.90 Å². The Labute approximate surface area is 107 Å². The Morgan fingerprint density at radius 3 is 2.67 bits per heavy atom. The van der Waals surface area contributed by atoms with Gasteiger partial charge in [-0.1, -0.05) is 6.92 Å². The number of carboxylic acid groups (broad SMARTS) is 1. The van der Waals surface area contributed by atoms with E-state index in [1.807, 2.05) is 13.8 Å². The molecular formula is C12H22N2O4. The number of carbonyl (C=O) groups excluding carboxylic acids is 1. The van der Waals surface area contributed by atoms with Crippen molar-refractivity contribution in [3.8, 4) is 0 Å². The van der Waals surface area contributed by atoms with Gasteiger partial charge in [-0.25, -0.2) is 0 Å². The first-order valence-electron chi connectivity index (χ1n) is 6.28. The van der Waals surface area contributed by atoms with Crippen molar-refractivity contribution in [2.45, 2.75) is 32.4 Å². The summed E-state index contributed by atoms with van der Waals surface area (Å²) in [7, 11) is 1.78. The summed E-state index contributed by atoms with van der Waals surface area (Å²) in [6.07, 6.45) is 0.733. The number of ether oxygens (including phenoxy) is 1. The minimum absolute atomic E-state index is 0.0298. The minimum atomic E-state index is -0.983. The first kappa shape index (κ1) is 14.9. The van der Waals surface area contributed by atoms with E-state index in [0.717, 1.165) is 6.42 Å². The average molecular weight is 258 g/mol. The molecule has 0 aromatic rings. The molecule has 6 heteroatoms. The molecule has 1 fully saturated rings. The molecule has 0 bridgehead atoms. The van der Waals surface area contributed by atoms with E-state index in [0.29, 0.717) is 13.2 Å². The van der Waals surface area contributed by atoms with E-state index < -0.39 is 5.97 Å². The Morgan fingerprint density at radius 1 is 1.50 bits per heavy atom. The zero-order valence-electron chi connectivity index (χ0n) is 11.2. The van der Waals surface area contributed by atoms with Crippen LogP contribution in [0.2, 0.25) is 0 Å². The van der Waals surface area contributed by atoms with Crippen LogP contribution in [0, 0.1) is 5.92 Å². The molecule has 0 aliphatic carbocycles. The van der Waals surface area contributed by atoms with Crippen LogP contribution in [0.5, 0.6) is 0 Å². The van der Waals surface area contributed by atoms with Crippen LogP contribution in [0.4, 0.5) is 0 Å². The van der Waals surface area contributed by atoms with E-state index in [9.17, 15) is 9.59 Å². The molecule has 18 heavy (non-hydrogen) atoms. The lowest BCUT2D eigenvalue weighted by Gasteiger charge is -2.30. The van der Waals surface area contributed by atoms with Crippen LogP contribution in [0.3, 0.4) is 0 Å². The Bertz CT molecular complexity index is 308. The molecule has 2 N–H and O–H groups in total. The Morgan fingerprint density at radius 2 is 2.17 bits per heavy atom. The first-order valence-corrected chi connectivity index (χ1v) is 6.28. The van der Waals surface area contributed by atoms with Gasteiger partial charge in [0.1, 0.15) is 6.54 Å². The normalized spacial score (nSPS) is 24.8. The summed E-state index contributed by atoms with van der Waals surface area (Å²) >= 11 is 0. The number of amides is 1. The maximum atomic E-state index is 12.4. The highest BCUT2D eigenvalue weighted by atomic mass is 16.5. The summed E-state index contributed by atoms with van der Waals surface area (Å²) in [6.45, 7) is 4.41. The number of aliphatic carboxylic acids is 1. The maximum absolute atomic E-state index is 12.4. The molecule has 6 nitrogen and oxygen atoms in total. The van der Waals surface area contributed by atoms with Gasteiger partial charge < -0.3 is 20.1 Å². The van der Waals surface area contributed by atoms with Crippen LogP contribution < -0.4 is 5.32 Å². The van der Waals surface area contributed by atoms with Crippen molar-refractivity contribution in [2.75, 3.05) is 26.8 Å². The van der Waals surface area contributed by atoms with Crippen molar-refractivity contribution < 1.29 is 19.4 Å². The molecule has 1 rings (SSSR count). The second-order valence-corrected chi connectivity index (χ2v) is 4.66. The quantitative estimate of drug-likeness (QED) is 0.697. The summed E-state index contributed by atoms with van der Waals surface area (Å²) in [4.78, 5) is 24.7. The summed E-state index contributed by atoms with van der Waals surface area (Å²) in [6, 6.07) is -0.107. The smallest absolute Gasteiger partial charge is 0.323 e. The third-order valence-corrected chi connectivity index (χ3v) is 3.48. The Balaban J connectivity index is 2.77. The van der Waals surface area contributed by atoms with Crippen LogP contribution in [-0.4, -0.2) is 60.8 Å². The van der Waals surface area contributed by atoms with Crippen molar-refractivity contribution in [3.05, 3.63) is 0 Å². The van der Waals surface area contributed by atoms with Crippen molar-refractivity contribution in [1.29, 1.82) is 0 Å². The molecule has 3 unspecified atom stereocenters. The van der Waals surface area contributed by atoms with E-state index in [-0.39, 0.29) is 30.5 Å². The van der Waals surface area contributed by atoms with Gasteiger partial charge in [0.2, 0.25) is 5.91 Å². The highest BCUT2D eigenvalue weighted by Gasteiger charge is 2.37. The lowest BCUT2D eigenvalue weighted by atomic mass is 10.0. The fraction of sp³-hybridized carbons (Fsp3) is 0.833. The van der Waals surface area contributed by atoms with E-state index in [2.05, 4.69) is 5.32 Å². The number of hydrogen-bond donors (Lipinski definition) is 2. The molecule has 0 aromatic carbocycles. The zero-order valence-corrected chi connectivity index (χ0v) is 11.2. The second-order valence-electron chi connectivity index (χ2n) is 4.66. The third-order valence-electron chi connectivity index (χ3n) is 3.48. The number of carboxylic acids is 1. The fourth-order valence-electron chi connectivity index (χ4n) is 2.11. The highest BCUT2D eigenvalue weighted by molar-refractivity contribution is 5.84. The number of nitrogens with one attached hydrogen (secondary N) is 1. The summed E-state index contributed by atoms with van der Waals surface area (Å²) in [5.41, 5.74) is 0. The molecule has 1 amide bonds. The maximum Gasteiger partial charge on any atom is 0.323 e. The fourth-order valence-corrected chi connectivity index (χ4v) is 2.11. The lowest BCUT2D eigenvalue weighted by Crippen LogP contribution is -2.49. The molecule has 1 saturated heterocycles. The molecule has 104 valence electrons. The van der Waals surface area contributed by atoms with Crippen molar-refractivity contribution >= 4 is 11.9 Å². The zero-order chi connectivity index (χ0) is 13.7. The van der Waals surface area contributed by atoms with Gasteiger partial charge in [-0.3, -0.25) is 9.59 Å². The minimum Gasteiger partial charge on any atom is -0.480 e. The van der Waals surface area contributed by atoms with Crippen LogP contribution >= 0.6 is 0 Å². The SMILES string of the molecule is CCC(C)N(CC(=O)O)C(=O)C1COCC1NC. The Kier molecular flexibility index (Phi) is 5.55. The van der Waals surface area contributed by atoms with Crippen LogP contribution in [0.15, 0.2) is 0 Å². The molecule has 0 saturated carbocycles. The van der Waals surface area contributed by atoms with Gasteiger partial charge in [-0.2, -0.15) is 0 Å². The molecule has 1 heterocycles. The van der Waals surface area contributed by atoms with Gasteiger partial charge in [-0.15, -0.1) is 0 Å². The van der Waals surface area contributed by atoms with Crippen LogP contribution in [0.25, 0.3) is 0 Å². The largest absolute Gasteiger partial charge is 0.480 e. The highest BCUT2D eigenvalue weighted by Crippen LogP contribution is 2.18.